The van der Waals surface area contributed by atoms with Crippen LogP contribution in [0.4, 0.5) is 0 Å². The number of carbonyl (C=O) groups excluding carboxylic acids is 1. The van der Waals surface area contributed by atoms with Crippen molar-refractivity contribution in [2.75, 3.05) is 0 Å². The lowest BCUT2D eigenvalue weighted by Crippen LogP contribution is -2.30. The molecule has 0 unspecified atom stereocenters. The van der Waals surface area contributed by atoms with Crippen LogP contribution in [0.2, 0.25) is 0 Å². The van der Waals surface area contributed by atoms with E-state index < -0.39 is 0 Å². The molecular formula is C14H26O. The molecule has 0 bridgehead atoms. The molecule has 1 rings (SSSR count). The van der Waals surface area contributed by atoms with E-state index in [1.54, 1.807) is 6.92 Å². The Bertz CT molecular complexity index is 209. The Morgan fingerprint density at radius 1 is 1.20 bits per heavy atom. The summed E-state index contributed by atoms with van der Waals surface area (Å²) in [4.78, 5) is 11.2. The molecule has 0 aliphatic heterocycles. The molecule has 1 heteroatoms. The summed E-state index contributed by atoms with van der Waals surface area (Å²) < 4.78 is 0. The molecule has 0 atom stereocenters. The summed E-state index contributed by atoms with van der Waals surface area (Å²) >= 11 is 0. The van der Waals surface area contributed by atoms with Gasteiger partial charge >= 0.3 is 0 Å². The van der Waals surface area contributed by atoms with Gasteiger partial charge in [0, 0.05) is 6.42 Å². The summed E-state index contributed by atoms with van der Waals surface area (Å²) in [5, 5.41) is 0. The molecule has 0 heterocycles. The van der Waals surface area contributed by atoms with Crippen molar-refractivity contribution in [2.45, 2.75) is 66.2 Å². The number of rotatable bonds is 4. The van der Waals surface area contributed by atoms with Gasteiger partial charge in [-0.2, -0.15) is 0 Å². The van der Waals surface area contributed by atoms with Crippen LogP contribution in [0, 0.1) is 17.3 Å². The maximum Gasteiger partial charge on any atom is 0.130 e. The normalized spacial score (nSPS) is 27.7. The molecule has 0 amide bonds. The van der Waals surface area contributed by atoms with E-state index in [0.717, 1.165) is 18.3 Å². The number of Topliss-reactive ketones (excluding diaryl/α,β-unsaturated/α-hetero) is 1. The molecule has 0 radical (unpaired) electrons. The Balaban J connectivity index is 2.47. The molecule has 88 valence electrons. The second kappa shape index (κ2) is 5.14. The van der Waals surface area contributed by atoms with E-state index in [0.29, 0.717) is 5.78 Å². The van der Waals surface area contributed by atoms with Gasteiger partial charge in [-0.25, -0.2) is 0 Å². The van der Waals surface area contributed by atoms with Crippen LogP contribution < -0.4 is 0 Å². The van der Waals surface area contributed by atoms with E-state index in [1.165, 1.54) is 32.1 Å². The molecule has 0 N–H and O–H groups in total. The average molecular weight is 210 g/mol. The molecule has 0 aromatic rings. The molecule has 1 nitrogen and oxygen atoms in total. The van der Waals surface area contributed by atoms with Gasteiger partial charge in [0.15, 0.2) is 0 Å². The summed E-state index contributed by atoms with van der Waals surface area (Å²) in [5.74, 6) is 2.07. The highest BCUT2D eigenvalue weighted by molar-refractivity contribution is 5.76. The number of carbonyl (C=O) groups is 1. The van der Waals surface area contributed by atoms with E-state index in [9.17, 15) is 4.79 Å². The summed E-state index contributed by atoms with van der Waals surface area (Å²) in [6.45, 7) is 8.56. The second-order valence-corrected chi connectivity index (χ2v) is 5.99. The maximum atomic E-state index is 11.2. The first-order chi connectivity index (χ1) is 6.95. The van der Waals surface area contributed by atoms with E-state index in [1.807, 2.05) is 0 Å². The first kappa shape index (κ1) is 12.7. The maximum absolute atomic E-state index is 11.2. The smallest absolute Gasteiger partial charge is 0.130 e. The van der Waals surface area contributed by atoms with Crippen LogP contribution in [-0.2, 0) is 4.79 Å². The zero-order valence-electron chi connectivity index (χ0n) is 10.8. The van der Waals surface area contributed by atoms with Gasteiger partial charge < -0.3 is 4.79 Å². The van der Waals surface area contributed by atoms with Gasteiger partial charge in [0.25, 0.3) is 0 Å². The minimum absolute atomic E-state index is 0.227. The Morgan fingerprint density at radius 2 is 1.73 bits per heavy atom. The minimum Gasteiger partial charge on any atom is -0.300 e. The number of hydrogen-bond donors (Lipinski definition) is 0. The Kier molecular flexibility index (Phi) is 4.36. The van der Waals surface area contributed by atoms with E-state index in [-0.39, 0.29) is 5.41 Å². The molecule has 0 aromatic heterocycles. The van der Waals surface area contributed by atoms with Gasteiger partial charge in [-0.3, -0.25) is 0 Å². The predicted octanol–water partition coefficient (Wildman–Crippen LogP) is 4.21. The van der Waals surface area contributed by atoms with Crippen molar-refractivity contribution in [2.24, 2.45) is 17.3 Å². The van der Waals surface area contributed by atoms with Gasteiger partial charge in [0.05, 0.1) is 0 Å². The molecular weight excluding hydrogens is 184 g/mol. The first-order valence-corrected chi connectivity index (χ1v) is 6.45. The lowest BCUT2D eigenvalue weighted by molar-refractivity contribution is -0.119. The van der Waals surface area contributed by atoms with Gasteiger partial charge in [-0.15, -0.1) is 0 Å². The van der Waals surface area contributed by atoms with Crippen molar-refractivity contribution >= 4 is 5.78 Å². The third-order valence-electron chi connectivity index (χ3n) is 4.23. The fourth-order valence-corrected chi connectivity index (χ4v) is 3.14. The SMILES string of the molecule is CCC1CCC(C(C)(C)CC(C)=O)CC1. The van der Waals surface area contributed by atoms with E-state index >= 15 is 0 Å². The van der Waals surface area contributed by atoms with Crippen molar-refractivity contribution < 1.29 is 4.79 Å². The van der Waals surface area contributed by atoms with Crippen LogP contribution in [0.1, 0.15) is 66.2 Å². The highest BCUT2D eigenvalue weighted by atomic mass is 16.1. The summed E-state index contributed by atoms with van der Waals surface area (Å²) in [6, 6.07) is 0. The molecule has 0 spiro atoms. The average Bonchev–Trinajstić information content (AvgIpc) is 2.16. The van der Waals surface area contributed by atoms with E-state index in [2.05, 4.69) is 20.8 Å². The van der Waals surface area contributed by atoms with Crippen molar-refractivity contribution in [1.82, 2.24) is 0 Å². The third kappa shape index (κ3) is 3.62. The van der Waals surface area contributed by atoms with Crippen LogP contribution in [0.3, 0.4) is 0 Å². The monoisotopic (exact) mass is 210 g/mol. The Hall–Kier alpha value is -0.330. The Morgan fingerprint density at radius 3 is 2.13 bits per heavy atom. The highest BCUT2D eigenvalue weighted by Crippen LogP contribution is 2.42. The number of ketones is 1. The van der Waals surface area contributed by atoms with Crippen molar-refractivity contribution in [3.63, 3.8) is 0 Å². The van der Waals surface area contributed by atoms with Crippen LogP contribution in [0.5, 0.6) is 0 Å². The topological polar surface area (TPSA) is 17.1 Å². The molecule has 0 aromatic carbocycles. The van der Waals surface area contributed by atoms with Crippen molar-refractivity contribution in [1.29, 1.82) is 0 Å². The lowest BCUT2D eigenvalue weighted by atomic mass is 9.66. The molecule has 1 aliphatic carbocycles. The highest BCUT2D eigenvalue weighted by Gasteiger charge is 2.33. The van der Waals surface area contributed by atoms with Crippen molar-refractivity contribution in [3.05, 3.63) is 0 Å². The van der Waals surface area contributed by atoms with Gasteiger partial charge in [0.2, 0.25) is 0 Å². The van der Waals surface area contributed by atoms with Crippen LogP contribution in [0.15, 0.2) is 0 Å². The third-order valence-corrected chi connectivity index (χ3v) is 4.23. The van der Waals surface area contributed by atoms with Crippen LogP contribution in [0.25, 0.3) is 0 Å². The first-order valence-electron chi connectivity index (χ1n) is 6.45. The largest absolute Gasteiger partial charge is 0.300 e. The zero-order chi connectivity index (χ0) is 11.5. The Labute approximate surface area is 94.6 Å². The van der Waals surface area contributed by atoms with E-state index in [4.69, 9.17) is 0 Å². The fourth-order valence-electron chi connectivity index (χ4n) is 3.14. The van der Waals surface area contributed by atoms with Crippen LogP contribution >= 0.6 is 0 Å². The molecule has 1 fully saturated rings. The number of hydrogen-bond acceptors (Lipinski definition) is 1. The molecule has 1 aliphatic rings. The predicted molar refractivity (Wildman–Crippen MR) is 64.8 cm³/mol. The molecule has 15 heavy (non-hydrogen) atoms. The minimum atomic E-state index is 0.227. The fraction of sp³-hybridized carbons (Fsp3) is 0.929. The van der Waals surface area contributed by atoms with Crippen LogP contribution in [-0.4, -0.2) is 5.78 Å². The zero-order valence-corrected chi connectivity index (χ0v) is 10.8. The summed E-state index contributed by atoms with van der Waals surface area (Å²) in [7, 11) is 0. The summed E-state index contributed by atoms with van der Waals surface area (Å²) in [6.07, 6.45) is 7.51. The molecule has 0 saturated heterocycles. The van der Waals surface area contributed by atoms with Gasteiger partial charge in [-0.05, 0) is 37.0 Å². The standard InChI is InChI=1S/C14H26O/c1-5-12-6-8-13(9-7-12)14(3,4)10-11(2)15/h12-13H,5-10H2,1-4H3. The summed E-state index contributed by atoms with van der Waals surface area (Å²) in [5.41, 5.74) is 0.227. The quantitative estimate of drug-likeness (QED) is 0.679. The van der Waals surface area contributed by atoms with Gasteiger partial charge in [-0.1, -0.05) is 40.0 Å². The lowest BCUT2D eigenvalue weighted by Gasteiger charge is -2.38. The molecule has 1 saturated carbocycles. The second-order valence-electron chi connectivity index (χ2n) is 5.99. The van der Waals surface area contributed by atoms with Gasteiger partial charge in [0.1, 0.15) is 5.78 Å². The van der Waals surface area contributed by atoms with Crippen molar-refractivity contribution in [3.8, 4) is 0 Å².